The third-order valence-electron chi connectivity index (χ3n) is 4.06. The van der Waals surface area contributed by atoms with E-state index in [1.807, 2.05) is 23.1 Å². The zero-order valence-electron chi connectivity index (χ0n) is 12.5. The number of nitrogens with zero attached hydrogens (tertiary/aromatic N) is 1. The molecule has 116 valence electrons. The summed E-state index contributed by atoms with van der Waals surface area (Å²) in [6.07, 6.45) is 4.59. The largest absolute Gasteiger partial charge is 0.496 e. The van der Waals surface area contributed by atoms with Gasteiger partial charge in [0.05, 0.1) is 11.6 Å². The van der Waals surface area contributed by atoms with E-state index in [-0.39, 0.29) is 11.9 Å². The van der Waals surface area contributed by atoms with Crippen molar-refractivity contribution < 1.29 is 9.53 Å². The van der Waals surface area contributed by atoms with Crippen LogP contribution in [-0.2, 0) is 11.2 Å². The highest BCUT2D eigenvalue weighted by Gasteiger charge is 2.24. The van der Waals surface area contributed by atoms with E-state index in [1.54, 1.807) is 7.11 Å². The van der Waals surface area contributed by atoms with E-state index in [9.17, 15) is 4.79 Å². The van der Waals surface area contributed by atoms with Crippen molar-refractivity contribution in [2.45, 2.75) is 38.1 Å². The lowest BCUT2D eigenvalue weighted by Crippen LogP contribution is -2.47. The average molecular weight is 355 g/mol. The van der Waals surface area contributed by atoms with Gasteiger partial charge in [0, 0.05) is 25.6 Å². The Bertz CT molecular complexity index is 493. The SMILES string of the molecule is COc1ccc(CCC(=O)N2CCCCC2CN)cc1Br. The zero-order valence-corrected chi connectivity index (χ0v) is 14.1. The highest BCUT2D eigenvalue weighted by atomic mass is 79.9. The Morgan fingerprint density at radius 3 is 2.95 bits per heavy atom. The number of ether oxygens (including phenoxy) is 1. The number of aryl methyl sites for hydroxylation is 1. The summed E-state index contributed by atoms with van der Waals surface area (Å²) < 4.78 is 6.14. The van der Waals surface area contributed by atoms with Crippen LogP contribution < -0.4 is 10.5 Å². The Balaban J connectivity index is 1.92. The molecule has 1 atom stereocenters. The van der Waals surface area contributed by atoms with Crippen LogP contribution in [0.3, 0.4) is 0 Å². The van der Waals surface area contributed by atoms with Gasteiger partial charge < -0.3 is 15.4 Å². The molecule has 0 bridgehead atoms. The highest BCUT2D eigenvalue weighted by molar-refractivity contribution is 9.10. The van der Waals surface area contributed by atoms with Crippen LogP contribution in [0.4, 0.5) is 0 Å². The fourth-order valence-corrected chi connectivity index (χ4v) is 3.42. The van der Waals surface area contributed by atoms with Gasteiger partial charge in [-0.2, -0.15) is 0 Å². The van der Waals surface area contributed by atoms with Crippen LogP contribution in [-0.4, -0.2) is 37.0 Å². The number of carbonyl (C=O) groups is 1. The van der Waals surface area contributed by atoms with Crippen LogP contribution in [0, 0.1) is 0 Å². The lowest BCUT2D eigenvalue weighted by Gasteiger charge is -2.35. The molecule has 0 aromatic heterocycles. The summed E-state index contributed by atoms with van der Waals surface area (Å²) in [4.78, 5) is 14.4. The maximum atomic E-state index is 12.4. The third-order valence-corrected chi connectivity index (χ3v) is 4.68. The summed E-state index contributed by atoms with van der Waals surface area (Å²) in [5.41, 5.74) is 6.91. The van der Waals surface area contributed by atoms with Crippen LogP contribution in [0.2, 0.25) is 0 Å². The van der Waals surface area contributed by atoms with Gasteiger partial charge in [0.25, 0.3) is 0 Å². The van der Waals surface area contributed by atoms with Crippen molar-refractivity contribution in [2.24, 2.45) is 5.73 Å². The monoisotopic (exact) mass is 354 g/mol. The molecule has 1 unspecified atom stereocenters. The fraction of sp³-hybridized carbons (Fsp3) is 0.562. The molecular formula is C16H23BrN2O2. The Morgan fingerprint density at radius 2 is 2.29 bits per heavy atom. The number of nitrogens with two attached hydrogens (primary N) is 1. The number of benzene rings is 1. The Morgan fingerprint density at radius 1 is 1.48 bits per heavy atom. The lowest BCUT2D eigenvalue weighted by molar-refractivity contribution is -0.134. The number of amides is 1. The van der Waals surface area contributed by atoms with Gasteiger partial charge in [-0.3, -0.25) is 4.79 Å². The number of likely N-dealkylation sites (tertiary alicyclic amines) is 1. The molecule has 2 rings (SSSR count). The number of hydrogen-bond donors (Lipinski definition) is 1. The second-order valence-electron chi connectivity index (χ2n) is 5.44. The topological polar surface area (TPSA) is 55.6 Å². The number of rotatable bonds is 5. The predicted molar refractivity (Wildman–Crippen MR) is 87.4 cm³/mol. The van der Waals surface area contributed by atoms with Gasteiger partial charge in [-0.1, -0.05) is 6.07 Å². The molecule has 1 aromatic carbocycles. The van der Waals surface area contributed by atoms with E-state index in [4.69, 9.17) is 10.5 Å². The third kappa shape index (κ3) is 4.20. The Labute approximate surface area is 134 Å². The molecule has 0 aliphatic carbocycles. The first-order valence-electron chi connectivity index (χ1n) is 7.47. The molecule has 5 heteroatoms. The van der Waals surface area contributed by atoms with Crippen molar-refractivity contribution >= 4 is 21.8 Å². The van der Waals surface area contributed by atoms with Crippen molar-refractivity contribution in [2.75, 3.05) is 20.2 Å². The quantitative estimate of drug-likeness (QED) is 0.884. The molecule has 0 saturated carbocycles. The average Bonchev–Trinajstić information content (AvgIpc) is 2.52. The standard InChI is InChI=1S/C16H23BrN2O2/c1-21-15-7-5-12(10-14(15)17)6-8-16(20)19-9-3-2-4-13(19)11-18/h5,7,10,13H,2-4,6,8-9,11,18H2,1H3. The zero-order chi connectivity index (χ0) is 15.2. The van der Waals surface area contributed by atoms with Gasteiger partial charge in [-0.15, -0.1) is 0 Å². The molecule has 1 heterocycles. The van der Waals surface area contributed by atoms with Crippen LogP contribution in [0.25, 0.3) is 0 Å². The van der Waals surface area contributed by atoms with E-state index in [1.165, 1.54) is 6.42 Å². The van der Waals surface area contributed by atoms with Crippen LogP contribution >= 0.6 is 15.9 Å². The van der Waals surface area contributed by atoms with Gasteiger partial charge in [0.15, 0.2) is 0 Å². The van der Waals surface area contributed by atoms with Gasteiger partial charge >= 0.3 is 0 Å². The molecule has 2 N–H and O–H groups in total. The van der Waals surface area contributed by atoms with Gasteiger partial charge in [0.1, 0.15) is 5.75 Å². The molecule has 1 aliphatic heterocycles. The number of hydrogen-bond acceptors (Lipinski definition) is 3. The molecule has 1 fully saturated rings. The lowest BCUT2D eigenvalue weighted by atomic mass is 10.0. The van der Waals surface area contributed by atoms with Crippen LogP contribution in [0.15, 0.2) is 22.7 Å². The number of piperidine rings is 1. The molecule has 21 heavy (non-hydrogen) atoms. The summed E-state index contributed by atoms with van der Waals surface area (Å²) in [7, 11) is 1.65. The van der Waals surface area contributed by atoms with E-state index in [0.717, 1.165) is 41.6 Å². The summed E-state index contributed by atoms with van der Waals surface area (Å²) in [5, 5.41) is 0. The highest BCUT2D eigenvalue weighted by Crippen LogP contribution is 2.26. The van der Waals surface area contributed by atoms with Gasteiger partial charge in [-0.25, -0.2) is 0 Å². The Hall–Kier alpha value is -1.07. The van der Waals surface area contributed by atoms with Crippen molar-refractivity contribution in [1.82, 2.24) is 4.90 Å². The van der Waals surface area contributed by atoms with E-state index in [0.29, 0.717) is 13.0 Å². The van der Waals surface area contributed by atoms with Crippen LogP contribution in [0.5, 0.6) is 5.75 Å². The second-order valence-corrected chi connectivity index (χ2v) is 6.30. The van der Waals surface area contributed by atoms with Crippen molar-refractivity contribution in [3.63, 3.8) is 0 Å². The molecule has 1 aromatic rings. The van der Waals surface area contributed by atoms with E-state index < -0.39 is 0 Å². The normalized spacial score (nSPS) is 18.6. The molecule has 1 amide bonds. The van der Waals surface area contributed by atoms with E-state index in [2.05, 4.69) is 15.9 Å². The summed E-state index contributed by atoms with van der Waals surface area (Å²) >= 11 is 3.47. The number of methoxy groups -OCH3 is 1. The summed E-state index contributed by atoms with van der Waals surface area (Å²) in [6.45, 7) is 1.42. The van der Waals surface area contributed by atoms with E-state index >= 15 is 0 Å². The Kier molecular flexibility index (Phi) is 6.06. The van der Waals surface area contributed by atoms with Gasteiger partial charge in [-0.05, 0) is 59.3 Å². The molecule has 0 spiro atoms. The molecule has 1 saturated heterocycles. The first-order chi connectivity index (χ1) is 10.2. The van der Waals surface area contributed by atoms with Crippen molar-refractivity contribution in [3.8, 4) is 5.75 Å². The smallest absolute Gasteiger partial charge is 0.223 e. The summed E-state index contributed by atoms with van der Waals surface area (Å²) in [5.74, 6) is 1.03. The molecule has 1 aliphatic rings. The van der Waals surface area contributed by atoms with Crippen molar-refractivity contribution in [1.29, 1.82) is 0 Å². The van der Waals surface area contributed by atoms with Gasteiger partial charge in [0.2, 0.25) is 5.91 Å². The maximum absolute atomic E-state index is 12.4. The summed E-state index contributed by atoms with van der Waals surface area (Å²) in [6, 6.07) is 6.18. The first-order valence-corrected chi connectivity index (χ1v) is 8.27. The number of halogens is 1. The minimum atomic E-state index is 0.220. The molecular weight excluding hydrogens is 332 g/mol. The number of carbonyl (C=O) groups excluding carboxylic acids is 1. The van der Waals surface area contributed by atoms with Crippen molar-refractivity contribution in [3.05, 3.63) is 28.2 Å². The molecule has 4 nitrogen and oxygen atoms in total. The predicted octanol–water partition coefficient (Wildman–Crippen LogP) is 2.73. The molecule has 0 radical (unpaired) electrons. The minimum absolute atomic E-state index is 0.220. The fourth-order valence-electron chi connectivity index (χ4n) is 2.83. The minimum Gasteiger partial charge on any atom is -0.496 e. The second kappa shape index (κ2) is 7.80. The maximum Gasteiger partial charge on any atom is 0.223 e. The van der Waals surface area contributed by atoms with Crippen LogP contribution in [0.1, 0.15) is 31.2 Å². The first kappa shape index (κ1) is 16.3.